The highest BCUT2D eigenvalue weighted by Crippen LogP contribution is 2.15. The number of benzene rings is 1. The molecule has 1 atom stereocenters. The third kappa shape index (κ3) is 7.95. The molecule has 6 N–H and O–H groups in total. The first-order valence-corrected chi connectivity index (χ1v) is 9.73. The van der Waals surface area contributed by atoms with Gasteiger partial charge in [0.15, 0.2) is 0 Å². The standard InChI is InChI=1S/C13H18N4O4.C6H10N2O/c14-5-6-21-11-3-1-10(2-4-11)7-12(19)16-17-13(20)8-15-9-18;9-6-7-5-2-1-3-8(6)4-5/h1-4,9H,5-8,14H2,(H,15,18)(H,16,19)(H,17,20);5H,1-4H2,(H,7,9). The number of nitrogens with one attached hydrogen (secondary N) is 4. The van der Waals surface area contributed by atoms with Crippen LogP contribution in [0.25, 0.3) is 0 Å². The van der Waals surface area contributed by atoms with Crippen molar-refractivity contribution in [1.29, 1.82) is 0 Å². The summed E-state index contributed by atoms with van der Waals surface area (Å²) >= 11 is 0. The first kappa shape index (κ1) is 22.9. The van der Waals surface area contributed by atoms with Gasteiger partial charge in [-0.25, -0.2) is 4.79 Å². The lowest BCUT2D eigenvalue weighted by atomic mass is 10.1. The summed E-state index contributed by atoms with van der Waals surface area (Å²) in [5.74, 6) is -0.205. The van der Waals surface area contributed by atoms with Crippen molar-refractivity contribution in [2.75, 3.05) is 32.8 Å². The molecule has 164 valence electrons. The van der Waals surface area contributed by atoms with Crippen LogP contribution in [0.5, 0.6) is 5.75 Å². The van der Waals surface area contributed by atoms with Crippen molar-refractivity contribution in [2.24, 2.45) is 5.73 Å². The number of amides is 5. The van der Waals surface area contributed by atoms with Gasteiger partial charge >= 0.3 is 6.03 Å². The van der Waals surface area contributed by atoms with Crippen molar-refractivity contribution in [2.45, 2.75) is 25.3 Å². The minimum Gasteiger partial charge on any atom is -0.492 e. The molecule has 1 aromatic rings. The summed E-state index contributed by atoms with van der Waals surface area (Å²) in [6.07, 6.45) is 2.85. The van der Waals surface area contributed by atoms with Gasteiger partial charge in [0.25, 0.3) is 5.91 Å². The number of ether oxygens (including phenoxy) is 1. The zero-order valence-electron chi connectivity index (χ0n) is 16.7. The third-order valence-electron chi connectivity index (χ3n) is 4.40. The van der Waals surface area contributed by atoms with Crippen molar-refractivity contribution in [3.8, 4) is 5.75 Å². The molecular weight excluding hydrogens is 392 g/mol. The van der Waals surface area contributed by atoms with E-state index < -0.39 is 5.91 Å². The van der Waals surface area contributed by atoms with Crippen molar-refractivity contribution >= 4 is 24.3 Å². The SMILES string of the molecule is NCCOc1ccc(CC(=O)NNC(=O)CNC=O)cc1.O=C1NC2CCCN1C2. The maximum atomic E-state index is 11.6. The molecule has 11 heteroatoms. The van der Waals surface area contributed by atoms with E-state index in [0.717, 1.165) is 18.7 Å². The Bertz CT molecular complexity index is 727. The zero-order chi connectivity index (χ0) is 21.8. The molecule has 0 spiro atoms. The number of nitrogens with zero attached hydrogens (tertiary/aromatic N) is 1. The molecule has 2 bridgehead atoms. The van der Waals surface area contributed by atoms with Crippen molar-refractivity contribution < 1.29 is 23.9 Å². The Morgan fingerprint density at radius 1 is 1.23 bits per heavy atom. The maximum Gasteiger partial charge on any atom is 0.317 e. The highest BCUT2D eigenvalue weighted by atomic mass is 16.5. The second kappa shape index (κ2) is 12.3. The largest absolute Gasteiger partial charge is 0.492 e. The lowest BCUT2D eigenvalue weighted by molar-refractivity contribution is -0.128. The van der Waals surface area contributed by atoms with E-state index in [1.54, 1.807) is 24.3 Å². The van der Waals surface area contributed by atoms with E-state index in [9.17, 15) is 19.2 Å². The van der Waals surface area contributed by atoms with Crippen LogP contribution < -0.4 is 32.0 Å². The van der Waals surface area contributed by atoms with Crippen LogP contribution in [-0.4, -0.2) is 68.0 Å². The lowest BCUT2D eigenvalue weighted by Gasteiger charge is -2.18. The molecule has 1 unspecified atom stereocenters. The Kier molecular flexibility index (Phi) is 9.38. The lowest BCUT2D eigenvalue weighted by Crippen LogP contribution is -2.45. The van der Waals surface area contributed by atoms with Crippen molar-refractivity contribution in [1.82, 2.24) is 26.4 Å². The summed E-state index contributed by atoms with van der Waals surface area (Å²) in [5.41, 5.74) is 10.5. The second-order valence-corrected chi connectivity index (χ2v) is 6.79. The molecular formula is C19H28N6O5. The van der Waals surface area contributed by atoms with Gasteiger partial charge in [-0.1, -0.05) is 12.1 Å². The predicted molar refractivity (Wildman–Crippen MR) is 108 cm³/mol. The van der Waals surface area contributed by atoms with E-state index in [0.29, 0.717) is 31.4 Å². The van der Waals surface area contributed by atoms with Crippen LogP contribution in [0.15, 0.2) is 24.3 Å². The number of carbonyl (C=O) groups is 4. The first-order chi connectivity index (χ1) is 14.5. The van der Waals surface area contributed by atoms with Crippen LogP contribution in [-0.2, 0) is 20.8 Å². The fraction of sp³-hybridized carbons (Fsp3) is 0.474. The van der Waals surface area contributed by atoms with Gasteiger partial charge in [-0.15, -0.1) is 0 Å². The fourth-order valence-corrected chi connectivity index (χ4v) is 2.97. The second-order valence-electron chi connectivity index (χ2n) is 6.79. The predicted octanol–water partition coefficient (Wildman–Crippen LogP) is -1.37. The Labute approximate surface area is 174 Å². The Balaban J connectivity index is 0.000000290. The molecule has 0 aliphatic carbocycles. The number of hydrogen-bond acceptors (Lipinski definition) is 6. The van der Waals surface area contributed by atoms with E-state index in [4.69, 9.17) is 10.5 Å². The molecule has 2 aliphatic heterocycles. The molecule has 0 radical (unpaired) electrons. The van der Waals surface area contributed by atoms with Crippen LogP contribution in [0.2, 0.25) is 0 Å². The molecule has 3 rings (SSSR count). The highest BCUT2D eigenvalue weighted by molar-refractivity contribution is 5.84. The van der Waals surface area contributed by atoms with Crippen molar-refractivity contribution in [3.63, 3.8) is 0 Å². The molecule has 0 aromatic heterocycles. The van der Waals surface area contributed by atoms with E-state index in [1.165, 1.54) is 12.8 Å². The molecule has 2 heterocycles. The monoisotopic (exact) mass is 420 g/mol. The summed E-state index contributed by atoms with van der Waals surface area (Å²) in [6, 6.07) is 7.58. The Morgan fingerprint density at radius 2 is 1.97 bits per heavy atom. The van der Waals surface area contributed by atoms with E-state index in [1.807, 2.05) is 4.90 Å². The summed E-state index contributed by atoms with van der Waals surface area (Å²) in [6.45, 7) is 2.57. The molecule has 30 heavy (non-hydrogen) atoms. The minimum atomic E-state index is -0.513. The van der Waals surface area contributed by atoms with Gasteiger partial charge in [-0.3, -0.25) is 25.2 Å². The van der Waals surface area contributed by atoms with Crippen LogP contribution in [0.4, 0.5) is 4.79 Å². The third-order valence-corrected chi connectivity index (χ3v) is 4.40. The summed E-state index contributed by atoms with van der Waals surface area (Å²) in [5, 5.41) is 5.08. The van der Waals surface area contributed by atoms with E-state index in [2.05, 4.69) is 21.5 Å². The summed E-state index contributed by atoms with van der Waals surface area (Å²) in [7, 11) is 0. The smallest absolute Gasteiger partial charge is 0.317 e. The molecule has 2 fully saturated rings. The summed E-state index contributed by atoms with van der Waals surface area (Å²) < 4.78 is 5.31. The van der Waals surface area contributed by atoms with Gasteiger partial charge in [-0.05, 0) is 30.5 Å². The average molecular weight is 420 g/mol. The van der Waals surface area contributed by atoms with Gasteiger partial charge in [0.1, 0.15) is 12.4 Å². The van der Waals surface area contributed by atoms with Crippen LogP contribution >= 0.6 is 0 Å². The quantitative estimate of drug-likeness (QED) is 0.258. The number of rotatable bonds is 8. The summed E-state index contributed by atoms with van der Waals surface area (Å²) in [4.78, 5) is 45.5. The molecule has 0 saturated carbocycles. The molecule has 11 nitrogen and oxygen atoms in total. The van der Waals surface area contributed by atoms with E-state index >= 15 is 0 Å². The maximum absolute atomic E-state index is 11.6. The van der Waals surface area contributed by atoms with Crippen molar-refractivity contribution in [3.05, 3.63) is 29.8 Å². The molecule has 5 amide bonds. The van der Waals surface area contributed by atoms with Gasteiger partial charge in [0, 0.05) is 25.7 Å². The number of hydrogen-bond donors (Lipinski definition) is 5. The molecule has 2 saturated heterocycles. The van der Waals surface area contributed by atoms with Crippen LogP contribution in [0.1, 0.15) is 18.4 Å². The topological polar surface area (TPSA) is 155 Å². The normalized spacial score (nSPS) is 16.5. The zero-order valence-corrected chi connectivity index (χ0v) is 16.7. The number of fused-ring (bicyclic) bond motifs is 2. The Hall–Kier alpha value is -3.34. The average Bonchev–Trinajstić information content (AvgIpc) is 3.01. The van der Waals surface area contributed by atoms with E-state index in [-0.39, 0.29) is 24.9 Å². The van der Waals surface area contributed by atoms with Crippen LogP contribution in [0.3, 0.4) is 0 Å². The number of hydrazine groups is 1. The van der Waals surface area contributed by atoms with Gasteiger partial charge in [0.05, 0.1) is 13.0 Å². The molecule has 1 aromatic carbocycles. The first-order valence-electron chi connectivity index (χ1n) is 9.73. The van der Waals surface area contributed by atoms with Gasteiger partial charge < -0.3 is 26.0 Å². The fourth-order valence-electron chi connectivity index (χ4n) is 2.97. The van der Waals surface area contributed by atoms with Crippen LogP contribution in [0, 0.1) is 0 Å². The van der Waals surface area contributed by atoms with Gasteiger partial charge in [0.2, 0.25) is 12.3 Å². The Morgan fingerprint density at radius 3 is 2.60 bits per heavy atom. The number of piperidine rings is 1. The number of urea groups is 1. The number of nitrogens with two attached hydrogens (primary N) is 1. The number of carbonyl (C=O) groups excluding carboxylic acids is 4. The highest BCUT2D eigenvalue weighted by Gasteiger charge is 2.31. The molecule has 2 aliphatic rings. The van der Waals surface area contributed by atoms with Gasteiger partial charge in [-0.2, -0.15) is 0 Å². The minimum absolute atomic E-state index is 0.110.